The van der Waals surface area contributed by atoms with Gasteiger partial charge >= 0.3 is 30.8 Å². The van der Waals surface area contributed by atoms with E-state index in [1.54, 1.807) is 27.7 Å². The second-order valence-corrected chi connectivity index (χ2v) is 4.52. The van der Waals surface area contributed by atoms with E-state index in [9.17, 15) is 9.59 Å². The van der Waals surface area contributed by atoms with Crippen molar-refractivity contribution in [2.75, 3.05) is 0 Å². The van der Waals surface area contributed by atoms with Gasteiger partial charge in [-0.15, -0.1) is 0 Å². The Bertz CT molecular complexity index is 234. The first kappa shape index (κ1) is 16.9. The molecule has 0 saturated heterocycles. The van der Waals surface area contributed by atoms with Gasteiger partial charge in [-0.1, -0.05) is 34.1 Å². The molecule has 84 valence electrons. The minimum absolute atomic E-state index is 0. The zero-order chi connectivity index (χ0) is 11.6. The molecule has 0 atom stereocenters. The second-order valence-electron chi connectivity index (χ2n) is 4.52. The molecule has 0 rings (SSSR count). The second kappa shape index (κ2) is 5.57. The van der Waals surface area contributed by atoms with Gasteiger partial charge in [-0.2, -0.15) is 0 Å². The molecule has 0 aromatic carbocycles. The summed E-state index contributed by atoms with van der Waals surface area (Å²) in [6, 6.07) is 0. The van der Waals surface area contributed by atoms with Crippen LogP contribution in [0.1, 0.15) is 42.0 Å². The summed E-state index contributed by atoms with van der Waals surface area (Å²) in [5, 5.41) is 18.2. The number of carbonyl (C=O) groups is 2. The van der Waals surface area contributed by atoms with E-state index in [0.717, 1.165) is 0 Å². The largest absolute Gasteiger partial charge is 1.00 e. The fourth-order valence-corrected chi connectivity index (χ4v) is 1.70. The minimum atomic E-state index is -1.68. The van der Waals surface area contributed by atoms with Crippen LogP contribution in [0.2, 0.25) is 0 Å². The van der Waals surface area contributed by atoms with E-state index in [2.05, 4.69) is 0 Å². The smallest absolute Gasteiger partial charge is 1.00 e. The van der Waals surface area contributed by atoms with Crippen LogP contribution in [0.3, 0.4) is 0 Å². The van der Waals surface area contributed by atoms with E-state index in [1.165, 1.54) is 0 Å². The molecule has 0 aliphatic heterocycles. The third kappa shape index (κ3) is 2.99. The molecule has 4 nitrogen and oxygen atoms in total. The Morgan fingerprint density at radius 3 is 1.53 bits per heavy atom. The van der Waals surface area contributed by atoms with Crippen molar-refractivity contribution in [1.82, 2.24) is 0 Å². The first-order valence-electron chi connectivity index (χ1n) is 4.67. The predicted octanol–water partition coefficient (Wildman–Crippen LogP) is -0.895. The number of hydrogen-bond donors (Lipinski definition) is 2. The molecule has 0 heterocycles. The molecule has 0 saturated carbocycles. The monoisotopic (exact) mass is 210 g/mol. The standard InChI is InChI=1S/C10H18O4.Li.H/c1-5-6-10(7(11)12,8(13)14)9(2,3)4;;/h5-6H2,1-4H3,(H,11,12)(H,13,14);;/q;+1;-1. The first-order chi connectivity index (χ1) is 6.20. The van der Waals surface area contributed by atoms with Gasteiger partial charge in [0.05, 0.1) is 0 Å². The van der Waals surface area contributed by atoms with Gasteiger partial charge < -0.3 is 11.6 Å². The fraction of sp³-hybridized carbons (Fsp3) is 0.800. The summed E-state index contributed by atoms with van der Waals surface area (Å²) >= 11 is 0. The van der Waals surface area contributed by atoms with E-state index in [4.69, 9.17) is 10.2 Å². The van der Waals surface area contributed by atoms with Crippen molar-refractivity contribution in [2.24, 2.45) is 10.8 Å². The third-order valence-corrected chi connectivity index (χ3v) is 2.64. The summed E-state index contributed by atoms with van der Waals surface area (Å²) in [4.78, 5) is 22.2. The first-order valence-corrected chi connectivity index (χ1v) is 4.67. The molecule has 5 heteroatoms. The predicted molar refractivity (Wildman–Crippen MR) is 53.2 cm³/mol. The maximum atomic E-state index is 11.1. The van der Waals surface area contributed by atoms with Gasteiger partial charge in [0.25, 0.3) is 0 Å². The zero-order valence-electron chi connectivity index (χ0n) is 11.1. The van der Waals surface area contributed by atoms with E-state index < -0.39 is 22.8 Å². The molecule has 0 bridgehead atoms. The summed E-state index contributed by atoms with van der Waals surface area (Å²) in [6.07, 6.45) is 0.692. The van der Waals surface area contributed by atoms with E-state index in [-0.39, 0.29) is 26.7 Å². The van der Waals surface area contributed by atoms with Crippen LogP contribution in [0.4, 0.5) is 0 Å². The summed E-state index contributed by atoms with van der Waals surface area (Å²) in [6.45, 7) is 6.72. The zero-order valence-corrected chi connectivity index (χ0v) is 10.1. The molecule has 15 heavy (non-hydrogen) atoms. The fourth-order valence-electron chi connectivity index (χ4n) is 1.70. The molecule has 0 aromatic rings. The van der Waals surface area contributed by atoms with Crippen molar-refractivity contribution >= 4 is 11.9 Å². The van der Waals surface area contributed by atoms with Crippen molar-refractivity contribution in [3.05, 3.63) is 0 Å². The van der Waals surface area contributed by atoms with E-state index >= 15 is 0 Å². The van der Waals surface area contributed by atoms with Gasteiger partial charge in [0.1, 0.15) is 0 Å². The van der Waals surface area contributed by atoms with Crippen LogP contribution in [0.5, 0.6) is 0 Å². The number of rotatable bonds is 4. The molecule has 0 spiro atoms. The third-order valence-electron chi connectivity index (χ3n) is 2.64. The van der Waals surface area contributed by atoms with Crippen molar-refractivity contribution in [1.29, 1.82) is 0 Å². The molecule has 0 aliphatic rings. The van der Waals surface area contributed by atoms with Crippen molar-refractivity contribution in [2.45, 2.75) is 40.5 Å². The van der Waals surface area contributed by atoms with Crippen LogP contribution in [0.25, 0.3) is 0 Å². The molecular formula is C10H19LiO4. The number of aliphatic carboxylic acids is 2. The maximum absolute atomic E-state index is 11.1. The molecule has 0 fully saturated rings. The van der Waals surface area contributed by atoms with Gasteiger partial charge in [-0.05, 0) is 11.8 Å². The van der Waals surface area contributed by atoms with Crippen LogP contribution >= 0.6 is 0 Å². The molecule has 0 aliphatic carbocycles. The quantitative estimate of drug-likeness (QED) is 0.466. The van der Waals surface area contributed by atoms with Crippen molar-refractivity contribution in [3.8, 4) is 0 Å². The number of hydrogen-bond acceptors (Lipinski definition) is 2. The topological polar surface area (TPSA) is 74.6 Å². The summed E-state index contributed by atoms with van der Waals surface area (Å²) in [5.41, 5.74) is -2.47. The van der Waals surface area contributed by atoms with E-state index in [1.807, 2.05) is 0 Å². The molecule has 0 aromatic heterocycles. The molecule has 2 N–H and O–H groups in total. The Morgan fingerprint density at radius 2 is 1.47 bits per heavy atom. The van der Waals surface area contributed by atoms with Crippen LogP contribution in [-0.4, -0.2) is 22.2 Å². The van der Waals surface area contributed by atoms with Gasteiger partial charge in [0.15, 0.2) is 5.41 Å². The number of carboxylic acids is 2. The van der Waals surface area contributed by atoms with Gasteiger partial charge in [0.2, 0.25) is 0 Å². The van der Waals surface area contributed by atoms with Gasteiger partial charge in [-0.3, -0.25) is 9.59 Å². The van der Waals surface area contributed by atoms with Gasteiger partial charge in [-0.25, -0.2) is 0 Å². The SMILES string of the molecule is CCCC(C(=O)O)(C(=O)O)C(C)(C)C.[H-].[Li+]. The maximum Gasteiger partial charge on any atom is 1.00 e. The summed E-state index contributed by atoms with van der Waals surface area (Å²) < 4.78 is 0. The Labute approximate surface area is 104 Å². The Hall–Kier alpha value is -0.463. The summed E-state index contributed by atoms with van der Waals surface area (Å²) in [7, 11) is 0. The Kier molecular flexibility index (Phi) is 6.30. The van der Waals surface area contributed by atoms with Crippen LogP contribution in [-0.2, 0) is 9.59 Å². The average molecular weight is 210 g/mol. The van der Waals surface area contributed by atoms with Gasteiger partial charge in [0, 0.05) is 0 Å². The van der Waals surface area contributed by atoms with Crippen molar-refractivity contribution < 1.29 is 40.1 Å². The minimum Gasteiger partial charge on any atom is -1.00 e. The normalized spacial score (nSPS) is 11.7. The molecule has 0 radical (unpaired) electrons. The molecular weight excluding hydrogens is 191 g/mol. The van der Waals surface area contributed by atoms with Crippen LogP contribution in [0.15, 0.2) is 0 Å². The van der Waals surface area contributed by atoms with Crippen LogP contribution < -0.4 is 18.9 Å². The summed E-state index contributed by atoms with van der Waals surface area (Å²) in [5.74, 6) is -2.50. The van der Waals surface area contributed by atoms with Crippen molar-refractivity contribution in [3.63, 3.8) is 0 Å². The van der Waals surface area contributed by atoms with E-state index in [0.29, 0.717) is 6.42 Å². The molecule has 0 amide bonds. The average Bonchev–Trinajstić information content (AvgIpc) is 1.95. The Morgan fingerprint density at radius 1 is 1.13 bits per heavy atom. The number of carboxylic acid groups (broad SMARTS) is 2. The Balaban J connectivity index is -0.000000845. The van der Waals surface area contributed by atoms with Crippen LogP contribution in [0, 0.1) is 10.8 Å². The molecule has 0 unspecified atom stereocenters.